The summed E-state index contributed by atoms with van der Waals surface area (Å²) in [6, 6.07) is 4.65. The average molecular weight is 358 g/mol. The van der Waals surface area contributed by atoms with Gasteiger partial charge in [0.1, 0.15) is 5.25 Å². The Labute approximate surface area is 139 Å². The molecule has 0 unspecified atom stereocenters. The number of thioether (sulfide) groups is 1. The fraction of sp³-hybridized carbons (Fsp3) is 0.286. The number of nitrogens with zero attached hydrogens (tertiary/aromatic N) is 2. The molecular weight excluding hydrogens is 345 g/mol. The molecule has 1 saturated heterocycles. The number of alkyl halides is 3. The monoisotopic (exact) mass is 358 g/mol. The van der Waals surface area contributed by atoms with Gasteiger partial charge in [0.25, 0.3) is 0 Å². The van der Waals surface area contributed by atoms with E-state index in [-0.39, 0.29) is 17.3 Å². The van der Waals surface area contributed by atoms with Crippen molar-refractivity contribution < 1.29 is 22.8 Å². The van der Waals surface area contributed by atoms with Crippen molar-refractivity contribution in [3.8, 4) is 0 Å². The minimum Gasteiger partial charge on any atom is -0.325 e. The highest BCUT2D eigenvalue weighted by Gasteiger charge is 2.35. The molecule has 0 spiro atoms. The van der Waals surface area contributed by atoms with Crippen molar-refractivity contribution in [2.75, 3.05) is 5.32 Å². The minimum atomic E-state index is -4.58. The van der Waals surface area contributed by atoms with Crippen molar-refractivity contribution in [2.24, 2.45) is 10.2 Å². The third-order valence-electron chi connectivity index (χ3n) is 2.92. The van der Waals surface area contributed by atoms with Gasteiger partial charge in [0.05, 0.1) is 11.3 Å². The summed E-state index contributed by atoms with van der Waals surface area (Å²) >= 11 is 1.000. The van der Waals surface area contributed by atoms with Gasteiger partial charge in [-0.2, -0.15) is 18.3 Å². The SMILES string of the molecule is C/C=N\N=C1/NC(=O)[C@@H](CC(=O)Nc2ccccc2C(F)(F)F)S1. The van der Waals surface area contributed by atoms with Crippen LogP contribution in [0.25, 0.3) is 0 Å². The van der Waals surface area contributed by atoms with Crippen molar-refractivity contribution in [2.45, 2.75) is 24.8 Å². The van der Waals surface area contributed by atoms with Crippen molar-refractivity contribution in [1.29, 1.82) is 0 Å². The van der Waals surface area contributed by atoms with E-state index in [4.69, 9.17) is 0 Å². The number of nitrogens with one attached hydrogen (secondary N) is 2. The lowest BCUT2D eigenvalue weighted by atomic mass is 10.1. The van der Waals surface area contributed by atoms with Gasteiger partial charge >= 0.3 is 6.18 Å². The van der Waals surface area contributed by atoms with E-state index in [9.17, 15) is 22.8 Å². The van der Waals surface area contributed by atoms with Crippen molar-refractivity contribution in [3.05, 3.63) is 29.8 Å². The van der Waals surface area contributed by atoms with Crippen LogP contribution in [0, 0.1) is 0 Å². The Kier molecular flexibility index (Phi) is 5.60. The number of benzene rings is 1. The quantitative estimate of drug-likeness (QED) is 0.641. The summed E-state index contributed by atoms with van der Waals surface area (Å²) in [4.78, 5) is 23.7. The minimum absolute atomic E-state index is 0.242. The Morgan fingerprint density at radius 2 is 2.12 bits per heavy atom. The summed E-state index contributed by atoms with van der Waals surface area (Å²) < 4.78 is 38.7. The maximum Gasteiger partial charge on any atom is 0.418 e. The molecule has 0 radical (unpaired) electrons. The zero-order valence-corrected chi connectivity index (χ0v) is 13.2. The first-order chi connectivity index (χ1) is 11.3. The molecule has 2 N–H and O–H groups in total. The predicted octanol–water partition coefficient (Wildman–Crippen LogP) is 2.63. The molecule has 0 aliphatic carbocycles. The van der Waals surface area contributed by atoms with E-state index in [2.05, 4.69) is 20.8 Å². The highest BCUT2D eigenvalue weighted by molar-refractivity contribution is 8.15. The molecule has 2 amide bonds. The Hall–Kier alpha value is -2.36. The molecular formula is C14H13F3N4O2S. The van der Waals surface area contributed by atoms with E-state index in [0.717, 1.165) is 23.9 Å². The second kappa shape index (κ2) is 7.47. The number of hydrogen-bond acceptors (Lipinski definition) is 5. The predicted molar refractivity (Wildman–Crippen MR) is 85.8 cm³/mol. The van der Waals surface area contributed by atoms with Crippen LogP contribution in [0.4, 0.5) is 18.9 Å². The van der Waals surface area contributed by atoms with Crippen LogP contribution in [-0.2, 0) is 15.8 Å². The molecule has 2 rings (SSSR count). The first kappa shape index (κ1) is 18.0. The van der Waals surface area contributed by atoms with E-state index < -0.39 is 28.8 Å². The number of amides is 2. The summed E-state index contributed by atoms with van der Waals surface area (Å²) in [7, 11) is 0. The summed E-state index contributed by atoms with van der Waals surface area (Å²) in [5.41, 5.74) is -1.29. The number of halogens is 3. The second-order valence-electron chi connectivity index (χ2n) is 4.67. The normalized spacial score (nSPS) is 19.8. The fourth-order valence-corrected chi connectivity index (χ4v) is 2.83. The lowest BCUT2D eigenvalue weighted by Gasteiger charge is -2.14. The van der Waals surface area contributed by atoms with E-state index in [1.807, 2.05) is 0 Å². The third-order valence-corrected chi connectivity index (χ3v) is 3.99. The first-order valence-corrected chi connectivity index (χ1v) is 7.68. The van der Waals surface area contributed by atoms with Gasteiger partial charge in [-0.05, 0) is 19.1 Å². The highest BCUT2D eigenvalue weighted by Crippen LogP contribution is 2.34. The van der Waals surface area contributed by atoms with Crippen LogP contribution in [0.5, 0.6) is 0 Å². The van der Waals surface area contributed by atoms with E-state index in [1.165, 1.54) is 18.3 Å². The Balaban J connectivity index is 2.04. The van der Waals surface area contributed by atoms with Gasteiger partial charge in [-0.3, -0.25) is 9.59 Å². The number of carbonyl (C=O) groups excluding carboxylic acids is 2. The third kappa shape index (κ3) is 4.57. The Morgan fingerprint density at radius 3 is 2.79 bits per heavy atom. The van der Waals surface area contributed by atoms with Gasteiger partial charge in [-0.25, -0.2) is 0 Å². The molecule has 1 aromatic rings. The first-order valence-electron chi connectivity index (χ1n) is 6.80. The second-order valence-corrected chi connectivity index (χ2v) is 5.86. The van der Waals surface area contributed by atoms with Gasteiger partial charge in [0, 0.05) is 12.6 Å². The van der Waals surface area contributed by atoms with Crippen LogP contribution < -0.4 is 10.6 Å². The zero-order valence-electron chi connectivity index (χ0n) is 12.4. The lowest BCUT2D eigenvalue weighted by molar-refractivity contribution is -0.137. The lowest BCUT2D eigenvalue weighted by Crippen LogP contribution is -2.28. The summed E-state index contributed by atoms with van der Waals surface area (Å²) in [5, 5.41) is 11.4. The number of rotatable bonds is 4. The molecule has 0 bridgehead atoms. The average Bonchev–Trinajstić information content (AvgIpc) is 2.84. The standard InChI is InChI=1S/C14H13F3N4O2S/c1-2-18-21-13-20-12(23)10(24-13)7-11(22)19-9-6-4-3-5-8(9)14(15,16)17/h2-6,10H,7H2,1H3,(H,19,22)(H,20,21,23)/b18-2-/t10-/m1/s1. The van der Waals surface area contributed by atoms with Gasteiger partial charge in [-0.1, -0.05) is 23.9 Å². The molecule has 1 aliphatic heterocycles. The van der Waals surface area contributed by atoms with E-state index in [1.54, 1.807) is 6.92 Å². The fourth-order valence-electron chi connectivity index (χ4n) is 1.91. The van der Waals surface area contributed by atoms with Gasteiger partial charge < -0.3 is 10.6 Å². The van der Waals surface area contributed by atoms with Gasteiger partial charge in [0.2, 0.25) is 11.8 Å². The van der Waals surface area contributed by atoms with Crippen molar-refractivity contribution in [3.63, 3.8) is 0 Å². The van der Waals surface area contributed by atoms with Crippen LogP contribution in [0.1, 0.15) is 18.9 Å². The maximum atomic E-state index is 12.9. The molecule has 24 heavy (non-hydrogen) atoms. The molecule has 1 atom stereocenters. The summed E-state index contributed by atoms with van der Waals surface area (Å²) in [6.45, 7) is 1.65. The van der Waals surface area contributed by atoms with Crippen molar-refractivity contribution in [1.82, 2.24) is 5.32 Å². The zero-order chi connectivity index (χ0) is 17.7. The molecule has 0 aromatic heterocycles. The molecule has 1 aromatic carbocycles. The molecule has 1 aliphatic rings. The number of amidine groups is 1. The number of carbonyl (C=O) groups is 2. The number of anilines is 1. The van der Waals surface area contributed by atoms with Crippen LogP contribution in [0.2, 0.25) is 0 Å². The van der Waals surface area contributed by atoms with E-state index >= 15 is 0 Å². The molecule has 0 saturated carbocycles. The van der Waals surface area contributed by atoms with Gasteiger partial charge in [-0.15, -0.1) is 5.10 Å². The molecule has 128 valence electrons. The Morgan fingerprint density at radius 1 is 1.42 bits per heavy atom. The summed E-state index contributed by atoms with van der Waals surface area (Å²) in [5.74, 6) is -1.14. The van der Waals surface area contributed by atoms with E-state index in [0.29, 0.717) is 0 Å². The molecule has 1 fully saturated rings. The smallest absolute Gasteiger partial charge is 0.325 e. The largest absolute Gasteiger partial charge is 0.418 e. The van der Waals surface area contributed by atoms with Crippen molar-refractivity contribution >= 4 is 40.6 Å². The molecule has 10 heteroatoms. The number of para-hydroxylation sites is 1. The molecule has 1 heterocycles. The van der Waals surface area contributed by atoms with Gasteiger partial charge in [0.15, 0.2) is 5.17 Å². The van der Waals surface area contributed by atoms with Crippen LogP contribution in [0.3, 0.4) is 0 Å². The summed E-state index contributed by atoms with van der Waals surface area (Å²) in [6.07, 6.45) is -3.44. The topological polar surface area (TPSA) is 82.9 Å². The number of hydrogen-bond donors (Lipinski definition) is 2. The Bertz CT molecular complexity index is 704. The highest BCUT2D eigenvalue weighted by atomic mass is 32.2. The molecule has 6 nitrogen and oxygen atoms in total. The maximum absolute atomic E-state index is 12.9. The van der Waals surface area contributed by atoms with Crippen LogP contribution in [-0.4, -0.2) is 28.4 Å². The van der Waals surface area contributed by atoms with Crippen LogP contribution in [0.15, 0.2) is 34.5 Å². The van der Waals surface area contributed by atoms with Crippen LogP contribution >= 0.6 is 11.8 Å².